The van der Waals surface area contributed by atoms with Gasteiger partial charge in [-0.2, -0.15) is 13.2 Å². The van der Waals surface area contributed by atoms with Crippen molar-refractivity contribution in [2.24, 2.45) is 0 Å². The number of alkyl halides is 3. The molecule has 0 amide bonds. The van der Waals surface area contributed by atoms with Crippen LogP contribution in [0.5, 0.6) is 5.75 Å². The summed E-state index contributed by atoms with van der Waals surface area (Å²) in [5, 5.41) is 0. The van der Waals surface area contributed by atoms with Crippen molar-refractivity contribution in [3.63, 3.8) is 0 Å². The molecule has 2 aliphatic rings. The number of piperidine rings is 1. The fraction of sp³-hybridized carbons (Fsp3) is 0.296. The number of imidazole rings is 1. The molecule has 1 fully saturated rings. The van der Waals surface area contributed by atoms with E-state index in [4.69, 9.17) is 4.74 Å². The number of benzene rings is 2. The summed E-state index contributed by atoms with van der Waals surface area (Å²) in [6.45, 7) is 1.21. The molecule has 2 aromatic carbocycles. The van der Waals surface area contributed by atoms with E-state index in [0.717, 1.165) is 24.2 Å². The summed E-state index contributed by atoms with van der Waals surface area (Å²) in [7, 11) is -3.47. The van der Waals surface area contributed by atoms with Crippen molar-refractivity contribution in [3.05, 3.63) is 65.9 Å². The second-order valence-electron chi connectivity index (χ2n) is 10.2. The van der Waals surface area contributed by atoms with Gasteiger partial charge in [0.25, 0.3) is 0 Å². The molecular weight excluding hydrogens is 547 g/mol. The third kappa shape index (κ3) is 5.08. The molecule has 0 saturated carbocycles. The Bertz CT molecular complexity index is 1730. The third-order valence-corrected chi connectivity index (χ3v) is 7.83. The van der Waals surface area contributed by atoms with Crippen molar-refractivity contribution in [2.75, 3.05) is 29.0 Å². The molecule has 4 heterocycles. The van der Waals surface area contributed by atoms with Crippen LogP contribution < -0.4 is 14.4 Å². The minimum atomic E-state index is -4.43. The topological polar surface area (TPSA) is 117 Å². The van der Waals surface area contributed by atoms with Crippen LogP contribution in [-0.4, -0.2) is 54.1 Å². The number of sulfonamides is 1. The Hall–Kier alpha value is -4.13. The normalized spacial score (nSPS) is 17.1. The van der Waals surface area contributed by atoms with Crippen LogP contribution >= 0.6 is 0 Å². The zero-order valence-electron chi connectivity index (χ0n) is 21.2. The minimum Gasteiger partial charge on any atom is -0.486 e. The number of aromatic nitrogens is 3. The van der Waals surface area contributed by atoms with Crippen molar-refractivity contribution >= 4 is 38.3 Å². The van der Waals surface area contributed by atoms with E-state index in [2.05, 4.69) is 24.6 Å². The summed E-state index contributed by atoms with van der Waals surface area (Å²) >= 11 is 0. The molecule has 0 radical (unpaired) electrons. The van der Waals surface area contributed by atoms with Gasteiger partial charge in [-0.25, -0.2) is 18.4 Å². The number of fused-ring (bicyclic) bond motifs is 2. The largest absolute Gasteiger partial charge is 0.486 e. The van der Waals surface area contributed by atoms with Crippen LogP contribution in [0.4, 0.5) is 24.7 Å². The molecule has 1 spiro atoms. The van der Waals surface area contributed by atoms with Gasteiger partial charge in [-0.3, -0.25) is 9.52 Å². The lowest BCUT2D eigenvalue weighted by molar-refractivity contribution is -0.137. The van der Waals surface area contributed by atoms with Gasteiger partial charge in [0.1, 0.15) is 23.0 Å². The number of hydrogen-bond acceptors (Lipinski definition) is 7. The Kier molecular flexibility index (Phi) is 6.02. The molecule has 4 aromatic rings. The van der Waals surface area contributed by atoms with Crippen molar-refractivity contribution in [1.29, 1.82) is 0 Å². The Morgan fingerprint density at radius 1 is 1.07 bits per heavy atom. The molecule has 0 bridgehead atoms. The van der Waals surface area contributed by atoms with Crippen LogP contribution in [-0.2, 0) is 16.2 Å². The molecule has 0 atom stereocenters. The van der Waals surface area contributed by atoms with Gasteiger partial charge in [-0.05, 0) is 48.5 Å². The summed E-state index contributed by atoms with van der Waals surface area (Å²) in [6, 6.07) is 11.7. The van der Waals surface area contributed by atoms with E-state index in [1.165, 1.54) is 12.1 Å². The van der Waals surface area contributed by atoms with Crippen LogP contribution in [0.3, 0.4) is 0 Å². The van der Waals surface area contributed by atoms with Crippen molar-refractivity contribution < 1.29 is 31.1 Å². The Labute approximate surface area is 227 Å². The molecule has 13 heteroatoms. The zero-order valence-corrected chi connectivity index (χ0v) is 22.1. The first kappa shape index (κ1) is 26.1. The number of aromatic amines is 1. The minimum absolute atomic E-state index is 0.0949. The first-order chi connectivity index (χ1) is 18.9. The third-order valence-electron chi connectivity index (χ3n) is 7.22. The highest BCUT2D eigenvalue weighted by Gasteiger charge is 2.43. The summed E-state index contributed by atoms with van der Waals surface area (Å²) in [4.78, 5) is 27.0. The second-order valence-corrected chi connectivity index (χ2v) is 11.9. The number of rotatable bonds is 4. The van der Waals surface area contributed by atoms with E-state index in [9.17, 15) is 26.4 Å². The van der Waals surface area contributed by atoms with Crippen LogP contribution in [0.2, 0.25) is 0 Å². The fourth-order valence-electron chi connectivity index (χ4n) is 5.23. The monoisotopic (exact) mass is 571 g/mol. The maximum Gasteiger partial charge on any atom is 0.416 e. The number of halogens is 3. The van der Waals surface area contributed by atoms with Crippen molar-refractivity contribution in [3.8, 4) is 17.1 Å². The number of hydrogen-bond donors (Lipinski definition) is 2. The number of nitrogens with one attached hydrogen (secondary N) is 2. The lowest BCUT2D eigenvalue weighted by atomic mass is 9.82. The van der Waals surface area contributed by atoms with Gasteiger partial charge in [-0.15, -0.1) is 0 Å². The highest BCUT2D eigenvalue weighted by molar-refractivity contribution is 7.92. The molecule has 2 aromatic heterocycles. The quantitative estimate of drug-likeness (QED) is 0.353. The van der Waals surface area contributed by atoms with Gasteiger partial charge in [0.15, 0.2) is 5.78 Å². The maximum atomic E-state index is 13.0. The van der Waals surface area contributed by atoms with Crippen molar-refractivity contribution in [2.45, 2.75) is 31.0 Å². The van der Waals surface area contributed by atoms with E-state index >= 15 is 0 Å². The number of carbonyl (C=O) groups excluding carboxylic acids is 1. The number of H-pyrrole nitrogens is 1. The smallest absolute Gasteiger partial charge is 0.416 e. The summed E-state index contributed by atoms with van der Waals surface area (Å²) in [5.74, 6) is 1.50. The number of ketones is 1. The zero-order chi connectivity index (χ0) is 28.3. The van der Waals surface area contributed by atoms with E-state index in [1.54, 1.807) is 18.3 Å². The molecule has 40 heavy (non-hydrogen) atoms. The summed E-state index contributed by atoms with van der Waals surface area (Å²) in [6.07, 6.45) is -0.376. The molecule has 0 aliphatic carbocycles. The molecule has 0 unspecified atom stereocenters. The number of ether oxygens (including phenoxy) is 1. The molecule has 208 valence electrons. The maximum absolute atomic E-state index is 13.0. The van der Waals surface area contributed by atoms with Gasteiger partial charge in [0, 0.05) is 43.4 Å². The van der Waals surface area contributed by atoms with E-state index in [1.807, 2.05) is 12.1 Å². The van der Waals surface area contributed by atoms with Crippen molar-refractivity contribution in [1.82, 2.24) is 15.0 Å². The predicted molar refractivity (Wildman–Crippen MR) is 143 cm³/mol. The van der Waals surface area contributed by atoms with Gasteiger partial charge in [0.05, 0.1) is 34.8 Å². The Balaban J connectivity index is 1.14. The van der Waals surface area contributed by atoms with Gasteiger partial charge >= 0.3 is 6.18 Å². The lowest BCUT2D eigenvalue weighted by Gasteiger charge is -2.44. The first-order valence-electron chi connectivity index (χ1n) is 12.5. The Morgan fingerprint density at radius 2 is 1.85 bits per heavy atom. The predicted octanol–water partition coefficient (Wildman–Crippen LogP) is 5.02. The standard InChI is InChI=1S/C27H24F3N5O4S/c1-40(37,38)34-18-4-6-23-19(13-18)22(36)14-26(39-23)8-10-35(11-9-26)24-7-2-16(15-31-24)25-32-20-5-3-17(27(28,29)30)12-21(20)33-25/h2-7,12-13,15,34H,8-11,14H2,1H3,(H,32,33). The van der Waals surface area contributed by atoms with Gasteiger partial charge in [-0.1, -0.05) is 0 Å². The van der Waals surface area contributed by atoms with Crippen LogP contribution in [0.15, 0.2) is 54.7 Å². The molecule has 2 N–H and O–H groups in total. The molecule has 6 rings (SSSR count). The van der Waals surface area contributed by atoms with Crippen LogP contribution in [0, 0.1) is 0 Å². The average Bonchev–Trinajstić information content (AvgIpc) is 3.32. The lowest BCUT2D eigenvalue weighted by Crippen LogP contribution is -2.51. The fourth-order valence-corrected chi connectivity index (χ4v) is 5.78. The number of carbonyl (C=O) groups is 1. The van der Waals surface area contributed by atoms with Gasteiger partial charge < -0.3 is 14.6 Å². The SMILES string of the molecule is CS(=O)(=O)Nc1ccc2c(c1)C(=O)CC1(CCN(c3ccc(-c4nc5ccc(C(F)(F)F)cc5[nH]4)cn3)CC1)O2. The van der Waals surface area contributed by atoms with E-state index in [0.29, 0.717) is 65.4 Å². The van der Waals surface area contributed by atoms with Crippen LogP contribution in [0.1, 0.15) is 35.2 Å². The first-order valence-corrected chi connectivity index (χ1v) is 14.4. The molecule has 1 saturated heterocycles. The summed E-state index contributed by atoms with van der Waals surface area (Å²) in [5.41, 5.74) is 0.653. The summed E-state index contributed by atoms with van der Waals surface area (Å²) < 4.78 is 70.9. The average molecular weight is 572 g/mol. The highest BCUT2D eigenvalue weighted by Crippen LogP contribution is 2.41. The number of nitrogens with zero attached hydrogens (tertiary/aromatic N) is 3. The van der Waals surface area contributed by atoms with E-state index in [-0.39, 0.29) is 12.2 Å². The second kappa shape index (κ2) is 9.22. The Morgan fingerprint density at radius 3 is 2.52 bits per heavy atom. The van der Waals surface area contributed by atoms with Crippen LogP contribution in [0.25, 0.3) is 22.4 Å². The highest BCUT2D eigenvalue weighted by atomic mass is 32.2. The number of pyridine rings is 1. The molecule has 9 nitrogen and oxygen atoms in total. The molecular formula is C27H24F3N5O4S. The molecule has 2 aliphatic heterocycles. The number of anilines is 2. The van der Waals surface area contributed by atoms with Gasteiger partial charge in [0.2, 0.25) is 10.0 Å². The van der Waals surface area contributed by atoms with E-state index < -0.39 is 27.4 Å². The number of Topliss-reactive ketones (excluding diaryl/α,β-unsaturated/α-hetero) is 1.